The summed E-state index contributed by atoms with van der Waals surface area (Å²) in [6, 6.07) is 16.0. The van der Waals surface area contributed by atoms with Crippen molar-refractivity contribution in [1.29, 1.82) is 0 Å². The summed E-state index contributed by atoms with van der Waals surface area (Å²) in [5.74, 6) is 0.860. The number of hydrogen-bond acceptors (Lipinski definition) is 5. The maximum atomic E-state index is 11.4. The number of rotatable bonds is 4. The number of carbonyl (C=O) groups excluding carboxylic acids is 2. The fourth-order valence-corrected chi connectivity index (χ4v) is 2.47. The molecule has 124 valence electrons. The first-order valence-corrected chi connectivity index (χ1v) is 7.81. The molecule has 0 aliphatic rings. The summed E-state index contributed by atoms with van der Waals surface area (Å²) in [6.45, 7) is 3.05. The van der Waals surface area contributed by atoms with Crippen LogP contribution in [-0.4, -0.2) is 21.5 Å². The molecule has 25 heavy (non-hydrogen) atoms. The number of Topliss-reactive ketones (excluding diaryl/α,β-unsaturated/α-hetero) is 2. The van der Waals surface area contributed by atoms with E-state index in [1.54, 1.807) is 42.5 Å². The molecule has 0 fully saturated rings. The van der Waals surface area contributed by atoms with E-state index in [4.69, 9.17) is 5.73 Å². The number of anilines is 1. The van der Waals surface area contributed by atoms with E-state index in [0.29, 0.717) is 28.5 Å². The van der Waals surface area contributed by atoms with Crippen LogP contribution in [0.1, 0.15) is 34.6 Å². The van der Waals surface area contributed by atoms with Crippen LogP contribution < -0.4 is 5.73 Å². The molecule has 0 amide bonds. The van der Waals surface area contributed by atoms with Gasteiger partial charge in [0.05, 0.1) is 5.69 Å². The second kappa shape index (κ2) is 6.65. The van der Waals surface area contributed by atoms with Crippen molar-refractivity contribution in [3.8, 4) is 22.6 Å². The lowest BCUT2D eigenvalue weighted by molar-refractivity contribution is 0.100. The van der Waals surface area contributed by atoms with E-state index in [1.165, 1.54) is 13.8 Å². The van der Waals surface area contributed by atoms with Crippen molar-refractivity contribution in [2.45, 2.75) is 13.8 Å². The van der Waals surface area contributed by atoms with Crippen LogP contribution in [0.5, 0.6) is 0 Å². The minimum absolute atomic E-state index is 0.00583. The van der Waals surface area contributed by atoms with E-state index in [1.807, 2.05) is 12.1 Å². The maximum Gasteiger partial charge on any atom is 0.162 e. The summed E-state index contributed by atoms with van der Waals surface area (Å²) >= 11 is 0. The summed E-state index contributed by atoms with van der Waals surface area (Å²) in [7, 11) is 0. The molecule has 0 bridgehead atoms. The van der Waals surface area contributed by atoms with Gasteiger partial charge >= 0.3 is 0 Å². The fraction of sp³-hybridized carbons (Fsp3) is 0.100. The third-order valence-corrected chi connectivity index (χ3v) is 3.88. The number of ketones is 2. The maximum absolute atomic E-state index is 11.4. The average molecular weight is 331 g/mol. The monoisotopic (exact) mass is 331 g/mol. The molecule has 5 heteroatoms. The van der Waals surface area contributed by atoms with Crippen molar-refractivity contribution in [1.82, 2.24) is 9.97 Å². The van der Waals surface area contributed by atoms with Crippen molar-refractivity contribution in [2.24, 2.45) is 0 Å². The summed E-state index contributed by atoms with van der Waals surface area (Å²) < 4.78 is 0. The van der Waals surface area contributed by atoms with Gasteiger partial charge in [0, 0.05) is 28.3 Å². The van der Waals surface area contributed by atoms with Crippen LogP contribution in [-0.2, 0) is 0 Å². The van der Waals surface area contributed by atoms with Crippen molar-refractivity contribution >= 4 is 17.4 Å². The predicted octanol–water partition coefficient (Wildman–Crippen LogP) is 3.80. The lowest BCUT2D eigenvalue weighted by atomic mass is 10.1. The zero-order chi connectivity index (χ0) is 18.0. The molecular formula is C20H17N3O2. The largest absolute Gasteiger partial charge is 0.384 e. The van der Waals surface area contributed by atoms with E-state index in [0.717, 1.165) is 11.1 Å². The quantitative estimate of drug-likeness (QED) is 0.735. The Morgan fingerprint density at radius 3 is 1.72 bits per heavy atom. The first kappa shape index (κ1) is 16.5. The molecular weight excluding hydrogens is 314 g/mol. The van der Waals surface area contributed by atoms with Crippen molar-refractivity contribution in [3.05, 3.63) is 65.7 Å². The summed E-state index contributed by atoms with van der Waals surface area (Å²) in [4.78, 5) is 31.6. The second-order valence-electron chi connectivity index (χ2n) is 5.77. The van der Waals surface area contributed by atoms with Crippen LogP contribution in [0.3, 0.4) is 0 Å². The van der Waals surface area contributed by atoms with Crippen molar-refractivity contribution in [3.63, 3.8) is 0 Å². The molecule has 0 unspecified atom stereocenters. The van der Waals surface area contributed by atoms with Crippen LogP contribution in [0.15, 0.2) is 54.6 Å². The average Bonchev–Trinajstić information content (AvgIpc) is 2.61. The Kier molecular flexibility index (Phi) is 4.39. The summed E-state index contributed by atoms with van der Waals surface area (Å²) in [6.07, 6.45) is 0. The van der Waals surface area contributed by atoms with Gasteiger partial charge in [-0.25, -0.2) is 9.97 Å². The number of hydrogen-bond donors (Lipinski definition) is 1. The molecule has 5 nitrogen and oxygen atoms in total. The molecule has 2 N–H and O–H groups in total. The van der Waals surface area contributed by atoms with Gasteiger partial charge in [-0.2, -0.15) is 0 Å². The second-order valence-corrected chi connectivity index (χ2v) is 5.77. The highest BCUT2D eigenvalue weighted by Gasteiger charge is 2.09. The number of nitrogen functional groups attached to an aromatic ring is 1. The molecule has 0 aliphatic heterocycles. The topological polar surface area (TPSA) is 85.9 Å². The van der Waals surface area contributed by atoms with Crippen molar-refractivity contribution in [2.75, 3.05) is 5.73 Å². The first-order chi connectivity index (χ1) is 11.9. The number of nitrogens with two attached hydrogens (primary N) is 1. The Morgan fingerprint density at radius 2 is 1.24 bits per heavy atom. The van der Waals surface area contributed by atoms with Gasteiger partial charge < -0.3 is 5.73 Å². The molecule has 0 atom stereocenters. The highest BCUT2D eigenvalue weighted by Crippen LogP contribution is 2.24. The summed E-state index contributed by atoms with van der Waals surface area (Å²) in [5, 5.41) is 0. The highest BCUT2D eigenvalue weighted by atomic mass is 16.1. The number of aromatic nitrogens is 2. The summed E-state index contributed by atoms with van der Waals surface area (Å²) in [5.41, 5.74) is 9.51. The van der Waals surface area contributed by atoms with E-state index in [-0.39, 0.29) is 11.6 Å². The first-order valence-electron chi connectivity index (χ1n) is 7.81. The van der Waals surface area contributed by atoms with Crippen LogP contribution in [0, 0.1) is 0 Å². The molecule has 1 aromatic heterocycles. The van der Waals surface area contributed by atoms with Crippen LogP contribution in [0.25, 0.3) is 22.6 Å². The van der Waals surface area contributed by atoms with Gasteiger partial charge in [-0.15, -0.1) is 0 Å². The minimum Gasteiger partial charge on any atom is -0.384 e. The fourth-order valence-electron chi connectivity index (χ4n) is 2.47. The Bertz CT molecular complexity index is 870. The Hall–Kier alpha value is -3.34. The molecule has 0 spiro atoms. The van der Waals surface area contributed by atoms with Gasteiger partial charge in [0.25, 0.3) is 0 Å². The highest BCUT2D eigenvalue weighted by molar-refractivity contribution is 5.95. The Morgan fingerprint density at radius 1 is 0.760 bits per heavy atom. The number of benzene rings is 2. The van der Waals surface area contributed by atoms with E-state index < -0.39 is 0 Å². The van der Waals surface area contributed by atoms with Crippen LogP contribution in [0.2, 0.25) is 0 Å². The van der Waals surface area contributed by atoms with Gasteiger partial charge in [0.2, 0.25) is 0 Å². The van der Waals surface area contributed by atoms with Crippen LogP contribution in [0.4, 0.5) is 5.82 Å². The lowest BCUT2D eigenvalue weighted by Crippen LogP contribution is -1.99. The smallest absolute Gasteiger partial charge is 0.162 e. The molecule has 3 rings (SSSR count). The molecule has 3 aromatic rings. The third-order valence-electron chi connectivity index (χ3n) is 3.88. The molecule has 2 aromatic carbocycles. The van der Waals surface area contributed by atoms with Gasteiger partial charge in [0.15, 0.2) is 17.4 Å². The zero-order valence-electron chi connectivity index (χ0n) is 14.0. The minimum atomic E-state index is 0.00583. The predicted molar refractivity (Wildman–Crippen MR) is 97.3 cm³/mol. The standard InChI is InChI=1S/C20H17N3O2/c1-12(24)14-3-7-16(8-4-14)18-11-19(21)23-20(22-18)17-9-5-15(6-10-17)13(2)25/h3-11H,1-2H3,(H2,21,22,23). The molecule has 0 radical (unpaired) electrons. The molecule has 1 heterocycles. The van der Waals surface area contributed by atoms with Gasteiger partial charge in [0.1, 0.15) is 5.82 Å². The van der Waals surface area contributed by atoms with Gasteiger partial charge in [-0.1, -0.05) is 48.5 Å². The Labute approximate surface area is 145 Å². The zero-order valence-corrected chi connectivity index (χ0v) is 14.0. The van der Waals surface area contributed by atoms with E-state index in [9.17, 15) is 9.59 Å². The number of nitrogens with zero attached hydrogens (tertiary/aromatic N) is 2. The van der Waals surface area contributed by atoms with E-state index >= 15 is 0 Å². The molecule has 0 aliphatic carbocycles. The van der Waals surface area contributed by atoms with Gasteiger partial charge in [-0.05, 0) is 13.8 Å². The Balaban J connectivity index is 2.00. The normalized spacial score (nSPS) is 10.5. The lowest BCUT2D eigenvalue weighted by Gasteiger charge is -2.07. The SMILES string of the molecule is CC(=O)c1ccc(-c2cc(N)nc(-c3ccc(C(C)=O)cc3)n2)cc1. The molecule has 0 saturated heterocycles. The third kappa shape index (κ3) is 3.61. The van der Waals surface area contributed by atoms with Gasteiger partial charge in [-0.3, -0.25) is 9.59 Å². The van der Waals surface area contributed by atoms with E-state index in [2.05, 4.69) is 9.97 Å². The number of carbonyl (C=O) groups is 2. The van der Waals surface area contributed by atoms with Crippen molar-refractivity contribution < 1.29 is 9.59 Å². The van der Waals surface area contributed by atoms with Crippen LogP contribution >= 0.6 is 0 Å². The molecule has 0 saturated carbocycles.